The molecule has 8 nitrogen and oxygen atoms in total. The third kappa shape index (κ3) is 239. The minimum absolute atomic E-state index is 0. The Hall–Kier alpha value is 1.78. The molecule has 0 bridgehead atoms. The second kappa shape index (κ2) is 327. The zero-order valence-corrected chi connectivity index (χ0v) is 11.0. The van der Waals surface area contributed by atoms with Gasteiger partial charge in [-0.05, 0) is 0 Å². The first kappa shape index (κ1) is 178. The van der Waals surface area contributed by atoms with Crippen LogP contribution in [0.25, 0.3) is 0 Å². The van der Waals surface area contributed by atoms with Crippen molar-refractivity contribution in [3.05, 3.63) is 0 Å². The van der Waals surface area contributed by atoms with Crippen LogP contribution in [0.1, 0.15) is 0 Å². The summed E-state index contributed by atoms with van der Waals surface area (Å²) in [4.78, 5) is 0. The molecule has 16 N–H and O–H groups in total. The molecule has 0 aliphatic carbocycles. The third-order valence-corrected chi connectivity index (χ3v) is 0. The van der Waals surface area contributed by atoms with Crippen LogP contribution >= 0.6 is 2.42 Å². The van der Waals surface area contributed by atoms with Gasteiger partial charge in [0.15, 0.2) is 0 Å². The van der Waals surface area contributed by atoms with E-state index in [1.165, 1.54) is 0 Å². The molecule has 0 aromatic carbocycles. The maximum atomic E-state index is 4.85. The summed E-state index contributed by atoms with van der Waals surface area (Å²) in [7, 11) is 0. The van der Waals surface area contributed by atoms with Gasteiger partial charge in [0.25, 0.3) is 0 Å². The van der Waals surface area contributed by atoms with Crippen LogP contribution in [0.15, 0.2) is 0 Å². The van der Waals surface area contributed by atoms with E-state index in [0.29, 0.717) is 53.6 Å². The molecule has 0 aliphatic heterocycles. The molecule has 0 amide bonds. The molecule has 0 aromatic heterocycles. The van der Waals surface area contributed by atoms with Gasteiger partial charge in [0.05, 0.1) is 0 Å². The minimum atomic E-state index is 0. The number of hydrogen-bond acceptors (Lipinski definition) is 0. The third-order valence-electron chi connectivity index (χ3n) is 0. The van der Waals surface area contributed by atoms with Gasteiger partial charge in [-0.1, -0.05) is 0 Å². The van der Waals surface area contributed by atoms with E-state index in [1.54, 1.807) is 0 Å². The molecule has 0 rings (SSSR count). The first-order valence-electron chi connectivity index (χ1n) is 0.378. The predicted octanol–water partition coefficient (Wildman–Crippen LogP) is -6.29. The topological polar surface area (TPSA) is 252 Å². The summed E-state index contributed by atoms with van der Waals surface area (Å²) in [6.07, 6.45) is 0. The molecule has 0 aliphatic rings. The van der Waals surface area contributed by atoms with Crippen molar-refractivity contribution in [2.45, 2.75) is 0 Å². The zero-order chi connectivity index (χ0) is 2.00. The Morgan fingerprint density at radius 1 is 0.400 bits per heavy atom. The monoisotopic (exact) mass is 264 g/mol. The van der Waals surface area contributed by atoms with Gasteiger partial charge >= 0.3 is 56.0 Å². The Morgan fingerprint density at radius 2 is 0.400 bits per heavy atom. The molecular formula is H16ClO8Rb. The van der Waals surface area contributed by atoms with Crippen molar-refractivity contribution < 1.29 is 43.8 Å². The van der Waals surface area contributed by atoms with Crippen LogP contribution in [-0.4, -0.2) is 97.4 Å². The molecule has 0 spiro atoms. The van der Waals surface area contributed by atoms with E-state index in [0.717, 1.165) is 0 Å². The Bertz CT molecular complexity index is 9.22. The fourth-order valence-electron chi connectivity index (χ4n) is 0. The fraction of sp³-hybridized carbons (Fsp3) is 0. The number of rotatable bonds is 0. The standard InChI is InChI=1S/ClH.8H2O.Rb/h1H;8*1H2;/q;;;;;;;;;+1/p-1. The zero-order valence-electron chi connectivity index (χ0n) is 5.38. The summed E-state index contributed by atoms with van der Waals surface area (Å²) in [5.74, 6) is 0. The van der Waals surface area contributed by atoms with Crippen molar-refractivity contribution in [1.82, 2.24) is 0 Å². The quantitative estimate of drug-likeness (QED) is 0.395. The second-order valence-electron chi connectivity index (χ2n) is 0. The van der Waals surface area contributed by atoms with Crippen LogP contribution < -0.4 is 0 Å². The number of halogens is 1. The Kier molecular flexibility index (Phi) is 5800. The van der Waals surface area contributed by atoms with Gasteiger partial charge in [-0.15, -0.1) is 0 Å². The normalized spacial score (nSPS) is 0.700. The van der Waals surface area contributed by atoms with Gasteiger partial charge in [0.2, 0.25) is 0 Å². The molecule has 10 heavy (non-hydrogen) atoms. The number of hydrogen-bond donors (Lipinski definition) is 0. The van der Waals surface area contributed by atoms with Gasteiger partial charge in [0, 0.05) is 0 Å². The van der Waals surface area contributed by atoms with Gasteiger partial charge in [-0.2, -0.15) is 0 Å². The van der Waals surface area contributed by atoms with Crippen molar-refractivity contribution in [1.29, 1.82) is 0 Å². The van der Waals surface area contributed by atoms with E-state index in [9.17, 15) is 0 Å². The Balaban J connectivity index is -0.000000000179. The molecule has 0 saturated carbocycles. The molecular weight excluding hydrogens is 249 g/mol. The average Bonchev–Trinajstić information content (AvgIpc) is 1.00. The van der Waals surface area contributed by atoms with E-state index < -0.39 is 0 Å². The molecule has 0 radical (unpaired) electrons. The molecule has 0 unspecified atom stereocenters. The summed E-state index contributed by atoms with van der Waals surface area (Å²) >= 11 is 0.422. The SMILES string of the molecule is O.O.O.O.O.O.O.O.[Cl][Rb]. The second-order valence-corrected chi connectivity index (χ2v) is 0. The first-order chi connectivity index (χ1) is 1.00. The van der Waals surface area contributed by atoms with Crippen LogP contribution in [0.5, 0.6) is 0 Å². The van der Waals surface area contributed by atoms with E-state index in [2.05, 4.69) is 0 Å². The molecule has 10 heteroatoms. The van der Waals surface area contributed by atoms with Gasteiger partial charge in [-0.3, -0.25) is 0 Å². The molecule has 0 aromatic rings. The van der Waals surface area contributed by atoms with Crippen LogP contribution in [-0.2, 0) is 0 Å². The Morgan fingerprint density at radius 3 is 0.400 bits per heavy atom. The summed E-state index contributed by atoms with van der Waals surface area (Å²) < 4.78 is 4.85. The van der Waals surface area contributed by atoms with E-state index >= 15 is 0 Å². The predicted molar refractivity (Wildman–Crippen MR) is 40.5 cm³/mol. The van der Waals surface area contributed by atoms with E-state index in [1.807, 2.05) is 0 Å². The van der Waals surface area contributed by atoms with Gasteiger partial charge in [-0.25, -0.2) is 0 Å². The molecule has 0 fully saturated rings. The van der Waals surface area contributed by atoms with Crippen molar-refractivity contribution in [2.24, 2.45) is 0 Å². The van der Waals surface area contributed by atoms with Crippen molar-refractivity contribution in [3.8, 4) is 0 Å². The fourth-order valence-corrected chi connectivity index (χ4v) is 0. The molecule has 72 valence electrons. The van der Waals surface area contributed by atoms with Crippen LogP contribution in [0.2, 0.25) is 0 Å². The molecule has 0 atom stereocenters. The molecule has 0 saturated heterocycles. The summed E-state index contributed by atoms with van der Waals surface area (Å²) in [6.45, 7) is 0. The van der Waals surface area contributed by atoms with Crippen molar-refractivity contribution >= 4 is 56.0 Å². The Labute approximate surface area is 98.1 Å². The maximum absolute atomic E-state index is 4.85. The van der Waals surface area contributed by atoms with E-state index in [-0.39, 0.29) is 43.8 Å². The summed E-state index contributed by atoms with van der Waals surface area (Å²) in [5, 5.41) is 0. The van der Waals surface area contributed by atoms with Crippen molar-refractivity contribution in [2.75, 3.05) is 0 Å². The van der Waals surface area contributed by atoms with Crippen LogP contribution in [0.3, 0.4) is 0 Å². The summed E-state index contributed by atoms with van der Waals surface area (Å²) in [6, 6.07) is 0. The van der Waals surface area contributed by atoms with Gasteiger partial charge in [0.1, 0.15) is 0 Å². The average molecular weight is 265 g/mol. The van der Waals surface area contributed by atoms with E-state index in [4.69, 9.17) is 2.42 Å². The van der Waals surface area contributed by atoms with Crippen LogP contribution in [0.4, 0.5) is 0 Å². The summed E-state index contributed by atoms with van der Waals surface area (Å²) in [5.41, 5.74) is 0. The van der Waals surface area contributed by atoms with Crippen LogP contribution in [0, 0.1) is 0 Å². The first-order valence-corrected chi connectivity index (χ1v) is 6.71. The van der Waals surface area contributed by atoms with Gasteiger partial charge < -0.3 is 43.8 Å². The molecule has 0 heterocycles. The van der Waals surface area contributed by atoms with Crippen molar-refractivity contribution in [3.63, 3.8) is 0 Å².